The van der Waals surface area contributed by atoms with Crippen LogP contribution in [0.2, 0.25) is 0 Å². The van der Waals surface area contributed by atoms with Gasteiger partial charge in [-0.1, -0.05) is 0 Å². The molecule has 1 aromatic rings. The van der Waals surface area contributed by atoms with Crippen molar-refractivity contribution in [2.45, 2.75) is 12.5 Å². The summed E-state index contributed by atoms with van der Waals surface area (Å²) in [6, 6.07) is 0.00458. The number of nitrogens with zero attached hydrogens (tertiary/aromatic N) is 2. The van der Waals surface area contributed by atoms with Gasteiger partial charge >= 0.3 is 0 Å². The molecule has 0 aliphatic carbocycles. The molecule has 5 heteroatoms. The van der Waals surface area contributed by atoms with Crippen LogP contribution in [0.5, 0.6) is 0 Å². The third-order valence-corrected chi connectivity index (χ3v) is 2.06. The minimum atomic E-state index is 0.00458. The van der Waals surface area contributed by atoms with Crippen LogP contribution in [0, 0.1) is 0 Å². The van der Waals surface area contributed by atoms with E-state index in [1.165, 1.54) is 6.33 Å². The zero-order valence-corrected chi connectivity index (χ0v) is 7.27. The van der Waals surface area contributed by atoms with Gasteiger partial charge in [-0.15, -0.1) is 0 Å². The Hall–Kier alpha value is -0.550. The quantitative estimate of drug-likeness (QED) is 0.696. The Morgan fingerprint density at radius 1 is 1.82 bits per heavy atom. The minimum absolute atomic E-state index is 0.00458. The normalized spacial score (nSPS) is 13.3. The van der Waals surface area contributed by atoms with E-state index in [0.29, 0.717) is 0 Å². The van der Waals surface area contributed by atoms with Gasteiger partial charge in [-0.05, 0) is 18.4 Å². The van der Waals surface area contributed by atoms with E-state index in [-0.39, 0.29) is 6.04 Å². The van der Waals surface area contributed by atoms with Gasteiger partial charge < -0.3 is 5.73 Å². The molecule has 0 fully saturated rings. The number of thioether (sulfide) groups is 1. The maximum atomic E-state index is 5.78. The van der Waals surface area contributed by atoms with E-state index >= 15 is 0 Å². The molecule has 0 bridgehead atoms. The van der Waals surface area contributed by atoms with Crippen LogP contribution >= 0.6 is 11.8 Å². The van der Waals surface area contributed by atoms with Gasteiger partial charge in [0.2, 0.25) is 0 Å². The van der Waals surface area contributed by atoms with Gasteiger partial charge in [0, 0.05) is 0 Å². The fourth-order valence-corrected chi connectivity index (χ4v) is 1.26. The Labute approximate surface area is 70.0 Å². The SMILES string of the molecule is CSCCC(N)c1ncn[nH]1. The van der Waals surface area contributed by atoms with Crippen molar-refractivity contribution in [2.75, 3.05) is 12.0 Å². The maximum absolute atomic E-state index is 5.78. The second-order valence-corrected chi connectivity index (χ2v) is 3.24. The average Bonchev–Trinajstić information content (AvgIpc) is 2.52. The van der Waals surface area contributed by atoms with Crippen LogP contribution in [0.3, 0.4) is 0 Å². The van der Waals surface area contributed by atoms with Gasteiger partial charge in [0.05, 0.1) is 6.04 Å². The Morgan fingerprint density at radius 3 is 3.18 bits per heavy atom. The topological polar surface area (TPSA) is 67.6 Å². The lowest BCUT2D eigenvalue weighted by atomic mass is 10.2. The van der Waals surface area contributed by atoms with E-state index in [9.17, 15) is 0 Å². The number of hydrogen-bond donors (Lipinski definition) is 2. The van der Waals surface area contributed by atoms with Crippen LogP contribution in [-0.2, 0) is 0 Å². The summed E-state index contributed by atoms with van der Waals surface area (Å²) in [5.41, 5.74) is 5.78. The molecule has 1 rings (SSSR count). The zero-order chi connectivity index (χ0) is 8.10. The summed E-state index contributed by atoms with van der Waals surface area (Å²) in [7, 11) is 0. The van der Waals surface area contributed by atoms with Gasteiger partial charge in [-0.3, -0.25) is 5.10 Å². The van der Waals surface area contributed by atoms with Crippen molar-refractivity contribution in [3.63, 3.8) is 0 Å². The van der Waals surface area contributed by atoms with E-state index < -0.39 is 0 Å². The van der Waals surface area contributed by atoms with Crippen LogP contribution in [0.15, 0.2) is 6.33 Å². The van der Waals surface area contributed by atoms with Gasteiger partial charge in [-0.25, -0.2) is 4.98 Å². The van der Waals surface area contributed by atoms with Crippen LogP contribution in [0.4, 0.5) is 0 Å². The molecule has 1 atom stereocenters. The highest BCUT2D eigenvalue weighted by Crippen LogP contribution is 2.09. The number of nitrogens with one attached hydrogen (secondary N) is 1. The maximum Gasteiger partial charge on any atom is 0.141 e. The Balaban J connectivity index is 2.36. The first-order valence-corrected chi connectivity index (χ1v) is 4.83. The van der Waals surface area contributed by atoms with Crippen LogP contribution in [0.25, 0.3) is 0 Å². The lowest BCUT2D eigenvalue weighted by molar-refractivity contribution is 0.658. The summed E-state index contributed by atoms with van der Waals surface area (Å²) in [5, 5.41) is 6.48. The highest BCUT2D eigenvalue weighted by molar-refractivity contribution is 7.98. The number of H-pyrrole nitrogens is 1. The minimum Gasteiger partial charge on any atom is -0.321 e. The number of aromatic amines is 1. The van der Waals surface area contributed by atoms with Crippen molar-refractivity contribution in [1.29, 1.82) is 0 Å². The Bertz CT molecular complexity index is 186. The second kappa shape index (κ2) is 4.35. The van der Waals surface area contributed by atoms with E-state index in [4.69, 9.17) is 5.73 Å². The molecule has 11 heavy (non-hydrogen) atoms. The van der Waals surface area contributed by atoms with Gasteiger partial charge in [0.15, 0.2) is 0 Å². The first-order valence-electron chi connectivity index (χ1n) is 3.44. The molecule has 1 aromatic heterocycles. The molecule has 0 aliphatic heterocycles. The second-order valence-electron chi connectivity index (χ2n) is 2.26. The van der Waals surface area contributed by atoms with E-state index in [1.54, 1.807) is 11.8 Å². The summed E-state index contributed by atoms with van der Waals surface area (Å²) in [6.07, 6.45) is 4.48. The number of nitrogens with two attached hydrogens (primary N) is 1. The predicted molar refractivity (Wildman–Crippen MR) is 46.3 cm³/mol. The third-order valence-electron chi connectivity index (χ3n) is 1.42. The molecule has 62 valence electrons. The van der Waals surface area contributed by atoms with Crippen molar-refractivity contribution in [2.24, 2.45) is 5.73 Å². The van der Waals surface area contributed by atoms with E-state index in [0.717, 1.165) is 18.0 Å². The van der Waals surface area contributed by atoms with Crippen molar-refractivity contribution in [3.05, 3.63) is 12.2 Å². The monoisotopic (exact) mass is 172 g/mol. The van der Waals surface area contributed by atoms with Crippen LogP contribution in [-0.4, -0.2) is 27.2 Å². The van der Waals surface area contributed by atoms with E-state index in [1.807, 2.05) is 0 Å². The van der Waals surface area contributed by atoms with Gasteiger partial charge in [-0.2, -0.15) is 16.9 Å². The first-order chi connectivity index (χ1) is 5.34. The third kappa shape index (κ3) is 2.51. The molecule has 0 aromatic carbocycles. The van der Waals surface area contributed by atoms with Crippen molar-refractivity contribution in [1.82, 2.24) is 15.2 Å². The molecule has 0 amide bonds. The average molecular weight is 172 g/mol. The summed E-state index contributed by atoms with van der Waals surface area (Å²) >= 11 is 1.79. The molecular formula is C6H12N4S. The Kier molecular flexibility index (Phi) is 3.38. The van der Waals surface area contributed by atoms with Gasteiger partial charge in [0.25, 0.3) is 0 Å². The zero-order valence-electron chi connectivity index (χ0n) is 6.45. The van der Waals surface area contributed by atoms with Gasteiger partial charge in [0.1, 0.15) is 12.2 Å². The van der Waals surface area contributed by atoms with Crippen LogP contribution < -0.4 is 5.73 Å². The summed E-state index contributed by atoms with van der Waals surface area (Å²) in [6.45, 7) is 0. The van der Waals surface area contributed by atoms with E-state index in [2.05, 4.69) is 21.4 Å². The first kappa shape index (κ1) is 8.55. The molecule has 0 saturated heterocycles. The fourth-order valence-electron chi connectivity index (χ4n) is 0.775. The number of rotatable bonds is 4. The van der Waals surface area contributed by atoms with Crippen molar-refractivity contribution in [3.8, 4) is 0 Å². The molecule has 1 heterocycles. The molecule has 0 saturated carbocycles. The van der Waals surface area contributed by atoms with Crippen molar-refractivity contribution < 1.29 is 0 Å². The highest BCUT2D eigenvalue weighted by atomic mass is 32.2. The lowest BCUT2D eigenvalue weighted by Crippen LogP contribution is -2.12. The standard InChI is InChI=1S/C6H12N4S/c1-11-3-2-5(7)6-8-4-9-10-6/h4-5H,2-3,7H2,1H3,(H,8,9,10). The molecular weight excluding hydrogens is 160 g/mol. The summed E-state index contributed by atoms with van der Waals surface area (Å²) < 4.78 is 0. The Morgan fingerprint density at radius 2 is 2.64 bits per heavy atom. The molecule has 0 radical (unpaired) electrons. The molecule has 3 N–H and O–H groups in total. The fraction of sp³-hybridized carbons (Fsp3) is 0.667. The number of aromatic nitrogens is 3. The van der Waals surface area contributed by atoms with Crippen LogP contribution in [0.1, 0.15) is 18.3 Å². The summed E-state index contributed by atoms with van der Waals surface area (Å²) in [5.74, 6) is 1.83. The van der Waals surface area contributed by atoms with Crippen molar-refractivity contribution >= 4 is 11.8 Å². The summed E-state index contributed by atoms with van der Waals surface area (Å²) in [4.78, 5) is 3.97. The molecule has 0 aliphatic rings. The molecule has 4 nitrogen and oxygen atoms in total. The smallest absolute Gasteiger partial charge is 0.141 e. The lowest BCUT2D eigenvalue weighted by Gasteiger charge is -2.05. The predicted octanol–water partition coefficient (Wildman–Crippen LogP) is 0.558. The number of hydrogen-bond acceptors (Lipinski definition) is 4. The largest absolute Gasteiger partial charge is 0.321 e. The molecule has 0 spiro atoms. The highest BCUT2D eigenvalue weighted by Gasteiger charge is 2.06. The molecule has 1 unspecified atom stereocenters.